The Bertz CT molecular complexity index is 1100. The lowest BCUT2D eigenvalue weighted by atomic mass is 10.2. The van der Waals surface area contributed by atoms with Crippen LogP contribution in [0.3, 0.4) is 0 Å². The van der Waals surface area contributed by atoms with Crippen molar-refractivity contribution in [2.45, 2.75) is 0 Å². The maximum atomic E-state index is 11.9. The number of hydrogen-bond donors (Lipinski definition) is 4. The Labute approximate surface area is 184 Å². The molecular formula is C18H20N4O8S2. The van der Waals surface area contributed by atoms with Crippen molar-refractivity contribution >= 4 is 43.4 Å². The molecule has 2 amide bonds. The number of carbonyl (C=O) groups excluding carboxylic acids is 2. The molecule has 32 heavy (non-hydrogen) atoms. The summed E-state index contributed by atoms with van der Waals surface area (Å²) in [4.78, 5) is 23.8. The van der Waals surface area contributed by atoms with E-state index in [4.69, 9.17) is 9.11 Å². The minimum atomic E-state index is -4.16. The Morgan fingerprint density at radius 1 is 0.656 bits per heavy atom. The zero-order valence-electron chi connectivity index (χ0n) is 16.5. The Hall–Kier alpha value is -3.20. The van der Waals surface area contributed by atoms with Gasteiger partial charge in [-0.25, -0.2) is 0 Å². The highest BCUT2D eigenvalue weighted by Crippen LogP contribution is 2.19. The van der Waals surface area contributed by atoms with Crippen LogP contribution in [-0.2, 0) is 20.2 Å². The largest absolute Gasteiger partial charge is 0.351 e. The molecule has 0 heterocycles. The van der Waals surface area contributed by atoms with Gasteiger partial charge in [0.15, 0.2) is 0 Å². The summed E-state index contributed by atoms with van der Waals surface area (Å²) in [6, 6.07) is 12.0. The second-order valence-corrected chi connectivity index (χ2v) is 9.52. The normalized spacial score (nSPS) is 11.9. The summed E-state index contributed by atoms with van der Waals surface area (Å²) < 4.78 is 59.9. The van der Waals surface area contributed by atoms with Crippen LogP contribution in [0.2, 0.25) is 0 Å². The molecule has 0 aliphatic rings. The van der Waals surface area contributed by atoms with E-state index in [-0.39, 0.29) is 24.2 Å². The molecule has 0 radical (unpaired) electrons. The highest BCUT2D eigenvalue weighted by molar-refractivity contribution is 7.86. The molecule has 2 aromatic rings. The summed E-state index contributed by atoms with van der Waals surface area (Å²) in [5, 5.41) is 12.7. The van der Waals surface area contributed by atoms with Gasteiger partial charge in [-0.05, 0) is 48.5 Å². The molecule has 0 spiro atoms. The summed E-state index contributed by atoms with van der Waals surface area (Å²) in [5.74, 6) is -2.20. The second-order valence-electron chi connectivity index (χ2n) is 6.38. The maximum absolute atomic E-state index is 11.9. The first-order valence-corrected chi connectivity index (χ1v) is 12.2. The molecule has 0 saturated heterocycles. The van der Waals surface area contributed by atoms with Crippen molar-refractivity contribution in [1.82, 2.24) is 10.6 Å². The zero-order chi connectivity index (χ0) is 23.8. The number of rotatable bonds is 10. The number of benzene rings is 2. The SMILES string of the molecule is O=C(NCCS(=O)(=O)O)c1ccc(/N=N/c2ccc(C(=O)NCCS(=O)(=O)O)cc2)cc1. The first-order chi connectivity index (χ1) is 14.9. The highest BCUT2D eigenvalue weighted by atomic mass is 32.2. The van der Waals surface area contributed by atoms with Crippen LogP contribution in [0.1, 0.15) is 20.7 Å². The van der Waals surface area contributed by atoms with E-state index in [1.165, 1.54) is 48.5 Å². The molecule has 0 aliphatic carbocycles. The van der Waals surface area contributed by atoms with Gasteiger partial charge in [-0.2, -0.15) is 27.1 Å². The Balaban J connectivity index is 1.90. The molecule has 14 heteroatoms. The van der Waals surface area contributed by atoms with Gasteiger partial charge in [-0.3, -0.25) is 18.7 Å². The number of nitrogens with one attached hydrogen (secondary N) is 2. The van der Waals surface area contributed by atoms with E-state index in [9.17, 15) is 26.4 Å². The fraction of sp³-hybridized carbons (Fsp3) is 0.222. The minimum Gasteiger partial charge on any atom is -0.351 e. The van der Waals surface area contributed by atoms with Crippen LogP contribution in [0.4, 0.5) is 11.4 Å². The lowest BCUT2D eigenvalue weighted by Gasteiger charge is -2.04. The molecule has 0 bridgehead atoms. The molecular weight excluding hydrogens is 464 g/mol. The average Bonchev–Trinajstić information content (AvgIpc) is 2.71. The van der Waals surface area contributed by atoms with Gasteiger partial charge in [-0.1, -0.05) is 0 Å². The average molecular weight is 485 g/mol. The van der Waals surface area contributed by atoms with E-state index < -0.39 is 43.6 Å². The monoisotopic (exact) mass is 484 g/mol. The van der Waals surface area contributed by atoms with Crippen LogP contribution >= 0.6 is 0 Å². The van der Waals surface area contributed by atoms with Gasteiger partial charge in [0.2, 0.25) is 0 Å². The molecule has 172 valence electrons. The van der Waals surface area contributed by atoms with Crippen LogP contribution in [0.25, 0.3) is 0 Å². The van der Waals surface area contributed by atoms with Gasteiger partial charge in [-0.15, -0.1) is 0 Å². The van der Waals surface area contributed by atoms with E-state index in [1.807, 2.05) is 0 Å². The third-order valence-electron chi connectivity index (χ3n) is 3.83. The van der Waals surface area contributed by atoms with Crippen molar-refractivity contribution in [1.29, 1.82) is 0 Å². The quantitative estimate of drug-likeness (QED) is 0.286. The van der Waals surface area contributed by atoms with E-state index >= 15 is 0 Å². The van der Waals surface area contributed by atoms with Crippen LogP contribution in [-0.4, -0.2) is 62.4 Å². The molecule has 12 nitrogen and oxygen atoms in total. The van der Waals surface area contributed by atoms with Crippen molar-refractivity contribution in [2.24, 2.45) is 10.2 Å². The summed E-state index contributed by atoms with van der Waals surface area (Å²) >= 11 is 0. The van der Waals surface area contributed by atoms with Crippen LogP contribution in [0, 0.1) is 0 Å². The third kappa shape index (κ3) is 9.30. The van der Waals surface area contributed by atoms with E-state index in [2.05, 4.69) is 20.9 Å². The van der Waals surface area contributed by atoms with E-state index in [0.29, 0.717) is 11.4 Å². The molecule has 0 fully saturated rings. The van der Waals surface area contributed by atoms with E-state index in [0.717, 1.165) is 0 Å². The molecule has 4 N–H and O–H groups in total. The molecule has 2 aromatic carbocycles. The fourth-order valence-electron chi connectivity index (χ4n) is 2.27. The van der Waals surface area contributed by atoms with E-state index in [1.54, 1.807) is 0 Å². The zero-order valence-corrected chi connectivity index (χ0v) is 18.1. The van der Waals surface area contributed by atoms with Gasteiger partial charge < -0.3 is 10.6 Å². The molecule has 2 rings (SSSR count). The van der Waals surface area contributed by atoms with Gasteiger partial charge in [0.1, 0.15) is 0 Å². The summed E-state index contributed by atoms with van der Waals surface area (Å²) in [6.45, 7) is -0.457. The second kappa shape index (κ2) is 10.9. The van der Waals surface area contributed by atoms with Gasteiger partial charge in [0, 0.05) is 24.2 Å². The summed E-state index contributed by atoms with van der Waals surface area (Å²) in [5.41, 5.74) is 1.41. The Kier molecular flexibility index (Phi) is 8.54. The van der Waals surface area contributed by atoms with Crippen molar-refractivity contribution in [2.75, 3.05) is 24.6 Å². The lowest BCUT2D eigenvalue weighted by Crippen LogP contribution is -2.28. The molecule has 0 aromatic heterocycles. The first kappa shape index (κ1) is 25.1. The number of nitrogens with zero attached hydrogens (tertiary/aromatic N) is 2. The van der Waals surface area contributed by atoms with Crippen molar-refractivity contribution in [3.8, 4) is 0 Å². The maximum Gasteiger partial charge on any atom is 0.266 e. The number of amides is 2. The first-order valence-electron chi connectivity index (χ1n) is 9.01. The number of carbonyl (C=O) groups is 2. The third-order valence-corrected chi connectivity index (χ3v) is 5.27. The lowest BCUT2D eigenvalue weighted by molar-refractivity contribution is 0.0947. The Morgan fingerprint density at radius 2 is 0.969 bits per heavy atom. The fourth-order valence-corrected chi connectivity index (χ4v) is 2.99. The molecule has 0 atom stereocenters. The topological polar surface area (TPSA) is 192 Å². The van der Waals surface area contributed by atoms with Crippen LogP contribution < -0.4 is 10.6 Å². The molecule has 0 aliphatic heterocycles. The molecule has 0 saturated carbocycles. The van der Waals surface area contributed by atoms with Gasteiger partial charge in [0.05, 0.1) is 22.9 Å². The Morgan fingerprint density at radius 3 is 1.25 bits per heavy atom. The van der Waals surface area contributed by atoms with Crippen LogP contribution in [0.15, 0.2) is 58.8 Å². The summed E-state index contributed by atoms with van der Waals surface area (Å²) in [7, 11) is -8.31. The van der Waals surface area contributed by atoms with Crippen molar-refractivity contribution in [3.63, 3.8) is 0 Å². The van der Waals surface area contributed by atoms with Gasteiger partial charge in [0.25, 0.3) is 32.1 Å². The highest BCUT2D eigenvalue weighted by Gasteiger charge is 2.09. The number of azo groups is 1. The minimum absolute atomic E-state index is 0.228. The predicted molar refractivity (Wildman–Crippen MR) is 115 cm³/mol. The predicted octanol–water partition coefficient (Wildman–Crippen LogP) is 1.34. The smallest absolute Gasteiger partial charge is 0.266 e. The van der Waals surface area contributed by atoms with Crippen molar-refractivity contribution in [3.05, 3.63) is 59.7 Å². The van der Waals surface area contributed by atoms with Crippen molar-refractivity contribution < 1.29 is 35.5 Å². The van der Waals surface area contributed by atoms with Gasteiger partial charge >= 0.3 is 0 Å². The summed E-state index contributed by atoms with van der Waals surface area (Å²) in [6.07, 6.45) is 0. The molecule has 0 unspecified atom stereocenters. The standard InChI is InChI=1S/C18H20N4O8S2/c23-17(19-9-11-31(25,26)27)13-1-5-15(6-2-13)21-22-16-7-3-14(4-8-16)18(24)20-10-12-32(28,29)30/h1-8H,9-12H2,(H,19,23)(H,20,24)(H,25,26,27)(H,28,29,30)/b22-21+. The number of hydrogen-bond acceptors (Lipinski definition) is 8. The van der Waals surface area contributed by atoms with Crippen LogP contribution in [0.5, 0.6) is 0 Å².